The van der Waals surface area contributed by atoms with Crippen LogP contribution in [-0.2, 0) is 16.1 Å². The van der Waals surface area contributed by atoms with Crippen molar-refractivity contribution in [1.82, 2.24) is 0 Å². The van der Waals surface area contributed by atoms with E-state index in [4.69, 9.17) is 31.1 Å². The minimum absolute atomic E-state index is 0.0274. The van der Waals surface area contributed by atoms with Crippen molar-refractivity contribution in [3.63, 3.8) is 0 Å². The number of hydrogen-bond acceptors (Lipinski definition) is 5. The molecule has 0 bridgehead atoms. The van der Waals surface area contributed by atoms with Gasteiger partial charge < -0.3 is 14.2 Å². The van der Waals surface area contributed by atoms with Gasteiger partial charge in [-0.25, -0.2) is 4.79 Å². The molecule has 2 aromatic carbocycles. The van der Waals surface area contributed by atoms with Gasteiger partial charge in [-0.1, -0.05) is 29.8 Å². The first kappa shape index (κ1) is 18.4. The van der Waals surface area contributed by atoms with E-state index in [-0.39, 0.29) is 6.61 Å². The smallest absolute Gasteiger partial charge is 0.331 e. The van der Waals surface area contributed by atoms with Crippen molar-refractivity contribution in [2.75, 3.05) is 14.2 Å². The molecule has 0 N–H and O–H groups in total. The van der Waals surface area contributed by atoms with Crippen LogP contribution in [0.15, 0.2) is 42.5 Å². The Morgan fingerprint density at radius 3 is 2.68 bits per heavy atom. The van der Waals surface area contributed by atoms with E-state index < -0.39 is 5.97 Å². The third kappa shape index (κ3) is 4.75. The summed E-state index contributed by atoms with van der Waals surface area (Å²) in [5.41, 5.74) is 1.80. The standard InChI is InChI=1S/C19H16ClNO4/c1-23-17-10-13(9-16(20)19(17)24-2)7-8-18(22)25-12-15-6-4-3-5-14(15)11-21/h3-10H,12H2,1-2H3/b8-7+. The van der Waals surface area contributed by atoms with Crippen molar-refractivity contribution in [2.24, 2.45) is 0 Å². The largest absolute Gasteiger partial charge is 0.493 e. The van der Waals surface area contributed by atoms with Crippen LogP contribution in [0.3, 0.4) is 0 Å². The summed E-state index contributed by atoms with van der Waals surface area (Å²) >= 11 is 6.12. The molecule has 0 amide bonds. The van der Waals surface area contributed by atoms with Crippen molar-refractivity contribution in [2.45, 2.75) is 6.61 Å². The summed E-state index contributed by atoms with van der Waals surface area (Å²) < 4.78 is 15.5. The molecule has 5 nitrogen and oxygen atoms in total. The Hall–Kier alpha value is -2.97. The van der Waals surface area contributed by atoms with Crippen LogP contribution in [-0.4, -0.2) is 20.2 Å². The predicted molar refractivity (Wildman–Crippen MR) is 94.5 cm³/mol. The van der Waals surface area contributed by atoms with Gasteiger partial charge in [0.05, 0.1) is 30.9 Å². The predicted octanol–water partition coefficient (Wildman–Crippen LogP) is 3.99. The molecule has 0 aliphatic heterocycles. The third-order valence-corrected chi connectivity index (χ3v) is 3.66. The number of halogens is 1. The van der Waals surface area contributed by atoms with Gasteiger partial charge in [0.15, 0.2) is 11.5 Å². The maximum absolute atomic E-state index is 11.9. The van der Waals surface area contributed by atoms with Crippen molar-refractivity contribution < 1.29 is 19.0 Å². The molecule has 0 radical (unpaired) electrons. The molecule has 0 saturated heterocycles. The molecule has 2 rings (SSSR count). The lowest BCUT2D eigenvalue weighted by molar-refractivity contribution is -0.138. The van der Waals surface area contributed by atoms with E-state index in [2.05, 4.69) is 6.07 Å². The van der Waals surface area contributed by atoms with Crippen LogP contribution >= 0.6 is 11.6 Å². The number of methoxy groups -OCH3 is 2. The van der Waals surface area contributed by atoms with Crippen molar-refractivity contribution in [3.05, 3.63) is 64.2 Å². The topological polar surface area (TPSA) is 68.5 Å². The molecule has 6 heteroatoms. The van der Waals surface area contributed by atoms with E-state index in [9.17, 15) is 4.79 Å². The van der Waals surface area contributed by atoms with Gasteiger partial charge in [0, 0.05) is 11.6 Å². The molecule has 0 aromatic heterocycles. The van der Waals surface area contributed by atoms with Crippen LogP contribution in [0.5, 0.6) is 11.5 Å². The molecule has 0 unspecified atom stereocenters. The quantitative estimate of drug-likeness (QED) is 0.577. The molecule has 0 aliphatic rings. The van der Waals surface area contributed by atoms with E-state index in [0.29, 0.717) is 33.2 Å². The van der Waals surface area contributed by atoms with Gasteiger partial charge in [0.2, 0.25) is 0 Å². The van der Waals surface area contributed by atoms with Crippen LogP contribution in [0.2, 0.25) is 5.02 Å². The zero-order valence-corrected chi connectivity index (χ0v) is 14.5. The van der Waals surface area contributed by atoms with Gasteiger partial charge in [0.1, 0.15) is 6.61 Å². The van der Waals surface area contributed by atoms with Crippen LogP contribution < -0.4 is 9.47 Å². The van der Waals surface area contributed by atoms with Gasteiger partial charge in [-0.2, -0.15) is 5.26 Å². The second-order valence-corrected chi connectivity index (χ2v) is 5.36. The normalized spacial score (nSPS) is 10.3. The second-order valence-electron chi connectivity index (χ2n) is 4.95. The fraction of sp³-hybridized carbons (Fsp3) is 0.158. The summed E-state index contributed by atoms with van der Waals surface area (Å²) in [7, 11) is 3.00. The average molecular weight is 358 g/mol. The lowest BCUT2D eigenvalue weighted by atomic mass is 10.1. The van der Waals surface area contributed by atoms with Gasteiger partial charge in [-0.15, -0.1) is 0 Å². The minimum atomic E-state index is -0.529. The number of benzene rings is 2. The molecule has 0 atom stereocenters. The number of rotatable bonds is 6. The van der Waals surface area contributed by atoms with Crippen LogP contribution in [0.1, 0.15) is 16.7 Å². The molecule has 0 aliphatic carbocycles. The monoisotopic (exact) mass is 357 g/mol. The zero-order chi connectivity index (χ0) is 18.2. The highest BCUT2D eigenvalue weighted by Crippen LogP contribution is 2.36. The van der Waals surface area contributed by atoms with Crippen molar-refractivity contribution in [3.8, 4) is 17.6 Å². The molecule has 0 saturated carbocycles. The highest BCUT2D eigenvalue weighted by molar-refractivity contribution is 6.32. The summed E-state index contributed by atoms with van der Waals surface area (Å²) in [6, 6.07) is 12.4. The average Bonchev–Trinajstić information content (AvgIpc) is 2.64. The molecule has 128 valence electrons. The number of ether oxygens (including phenoxy) is 3. The Morgan fingerprint density at radius 1 is 1.24 bits per heavy atom. The number of carbonyl (C=O) groups excluding carboxylic acids is 1. The minimum Gasteiger partial charge on any atom is -0.493 e. The van der Waals surface area contributed by atoms with E-state index in [1.807, 2.05) is 0 Å². The van der Waals surface area contributed by atoms with Crippen LogP contribution in [0.25, 0.3) is 6.08 Å². The lowest BCUT2D eigenvalue weighted by Gasteiger charge is -2.10. The Balaban J connectivity index is 2.05. The summed E-state index contributed by atoms with van der Waals surface area (Å²) in [4.78, 5) is 11.9. The summed E-state index contributed by atoms with van der Waals surface area (Å²) in [6.07, 6.45) is 2.85. The van der Waals surface area contributed by atoms with Crippen molar-refractivity contribution in [1.29, 1.82) is 5.26 Å². The molecule has 25 heavy (non-hydrogen) atoms. The van der Waals surface area contributed by atoms with Gasteiger partial charge in [-0.3, -0.25) is 0 Å². The number of carbonyl (C=O) groups is 1. The van der Waals surface area contributed by atoms with Crippen LogP contribution in [0, 0.1) is 11.3 Å². The zero-order valence-electron chi connectivity index (χ0n) is 13.8. The Bertz CT molecular complexity index is 840. The first-order valence-electron chi connectivity index (χ1n) is 7.33. The Morgan fingerprint density at radius 2 is 2.00 bits per heavy atom. The highest BCUT2D eigenvalue weighted by Gasteiger charge is 2.10. The Labute approximate surface area is 151 Å². The van der Waals surface area contributed by atoms with E-state index in [1.54, 1.807) is 42.5 Å². The Kier molecular flexibility index (Phi) is 6.44. The number of nitriles is 1. The van der Waals surface area contributed by atoms with Crippen LogP contribution in [0.4, 0.5) is 0 Å². The van der Waals surface area contributed by atoms with Gasteiger partial charge >= 0.3 is 5.97 Å². The number of esters is 1. The molecule has 0 fully saturated rings. The molecule has 2 aromatic rings. The lowest BCUT2D eigenvalue weighted by Crippen LogP contribution is -2.02. The SMILES string of the molecule is COc1cc(/C=C/C(=O)OCc2ccccc2C#N)cc(Cl)c1OC. The van der Waals surface area contributed by atoms with Gasteiger partial charge in [0.25, 0.3) is 0 Å². The van der Waals surface area contributed by atoms with Crippen molar-refractivity contribution >= 4 is 23.6 Å². The van der Waals surface area contributed by atoms with Gasteiger partial charge in [-0.05, 0) is 29.8 Å². The maximum Gasteiger partial charge on any atom is 0.331 e. The maximum atomic E-state index is 11.9. The molecule has 0 heterocycles. The first-order chi connectivity index (χ1) is 12.1. The molecule has 0 spiro atoms. The molecular formula is C19H16ClNO4. The number of nitrogens with zero attached hydrogens (tertiary/aromatic N) is 1. The van der Waals surface area contributed by atoms with E-state index in [1.165, 1.54) is 20.3 Å². The van der Waals surface area contributed by atoms with E-state index in [0.717, 1.165) is 0 Å². The summed E-state index contributed by atoms with van der Waals surface area (Å²) in [5, 5.41) is 9.39. The second kappa shape index (κ2) is 8.76. The molecular weight excluding hydrogens is 342 g/mol. The fourth-order valence-corrected chi connectivity index (χ4v) is 2.45. The highest BCUT2D eigenvalue weighted by atomic mass is 35.5. The summed E-state index contributed by atoms with van der Waals surface area (Å²) in [5.74, 6) is 0.363. The number of hydrogen-bond donors (Lipinski definition) is 0. The third-order valence-electron chi connectivity index (χ3n) is 3.38. The fourth-order valence-electron chi connectivity index (χ4n) is 2.15. The van der Waals surface area contributed by atoms with E-state index >= 15 is 0 Å². The summed E-state index contributed by atoms with van der Waals surface area (Å²) in [6.45, 7) is 0.0274. The first-order valence-corrected chi connectivity index (χ1v) is 7.71.